The highest BCUT2D eigenvalue weighted by atomic mass is 16.5. The number of hydrogen-bond acceptors (Lipinski definition) is 6. The summed E-state index contributed by atoms with van der Waals surface area (Å²) >= 11 is 0. The quantitative estimate of drug-likeness (QED) is 0.429. The number of alkyl carbamates (subject to hydrolysis) is 1. The predicted molar refractivity (Wildman–Crippen MR) is 109 cm³/mol. The van der Waals surface area contributed by atoms with E-state index >= 15 is 0 Å². The third-order valence-electron chi connectivity index (χ3n) is 4.32. The van der Waals surface area contributed by atoms with Crippen LogP contribution in [0.5, 0.6) is 0 Å². The summed E-state index contributed by atoms with van der Waals surface area (Å²) in [5, 5.41) is 2.56. The number of rotatable bonds is 11. The van der Waals surface area contributed by atoms with Crippen molar-refractivity contribution in [1.29, 1.82) is 0 Å². The molecule has 0 aromatic carbocycles. The van der Waals surface area contributed by atoms with Crippen molar-refractivity contribution in [2.24, 2.45) is 10.4 Å². The highest BCUT2D eigenvalue weighted by Crippen LogP contribution is 2.32. The van der Waals surface area contributed by atoms with Gasteiger partial charge in [-0.1, -0.05) is 30.4 Å². The molecule has 0 radical (unpaired) electrons. The SMILES string of the molecule is C=CC/C=C\CC1COC(C(C)(C)C(C/C=C\CNC(=O)OC)OC(C)=O)=N1. The summed E-state index contributed by atoms with van der Waals surface area (Å²) in [6.07, 6.45) is 10.8. The number of nitrogens with zero attached hydrogens (tertiary/aromatic N) is 1. The number of nitrogens with one attached hydrogen (secondary N) is 1. The average molecular weight is 392 g/mol. The van der Waals surface area contributed by atoms with Gasteiger partial charge in [-0.05, 0) is 26.7 Å². The van der Waals surface area contributed by atoms with Gasteiger partial charge in [0, 0.05) is 19.9 Å². The Kier molecular flexibility index (Phi) is 10.1. The first kappa shape index (κ1) is 23.5. The largest absolute Gasteiger partial charge is 0.478 e. The van der Waals surface area contributed by atoms with E-state index in [2.05, 4.69) is 28.8 Å². The third-order valence-corrected chi connectivity index (χ3v) is 4.32. The molecule has 156 valence electrons. The van der Waals surface area contributed by atoms with Crippen molar-refractivity contribution in [1.82, 2.24) is 5.32 Å². The van der Waals surface area contributed by atoms with Gasteiger partial charge in [-0.25, -0.2) is 9.79 Å². The molecular weight excluding hydrogens is 360 g/mol. The first-order valence-electron chi connectivity index (χ1n) is 9.42. The van der Waals surface area contributed by atoms with Crippen LogP contribution >= 0.6 is 0 Å². The Hall–Kier alpha value is -2.57. The molecule has 7 heteroatoms. The van der Waals surface area contributed by atoms with Gasteiger partial charge in [-0.2, -0.15) is 0 Å². The molecule has 28 heavy (non-hydrogen) atoms. The number of aliphatic imine (C=N–C) groups is 1. The third kappa shape index (κ3) is 7.98. The van der Waals surface area contributed by atoms with Gasteiger partial charge in [0.2, 0.25) is 0 Å². The van der Waals surface area contributed by atoms with Crippen LogP contribution in [0.4, 0.5) is 4.79 Å². The van der Waals surface area contributed by atoms with E-state index in [1.807, 2.05) is 26.0 Å². The van der Waals surface area contributed by atoms with E-state index in [4.69, 9.17) is 14.5 Å². The fourth-order valence-electron chi connectivity index (χ4n) is 2.68. The zero-order valence-electron chi connectivity index (χ0n) is 17.3. The molecule has 1 heterocycles. The summed E-state index contributed by atoms with van der Waals surface area (Å²) in [5.41, 5.74) is -0.578. The molecule has 0 spiro atoms. The maximum Gasteiger partial charge on any atom is 0.407 e. The first-order chi connectivity index (χ1) is 13.3. The summed E-state index contributed by atoms with van der Waals surface area (Å²) in [7, 11) is 1.31. The van der Waals surface area contributed by atoms with Crippen LogP contribution in [0, 0.1) is 5.41 Å². The van der Waals surface area contributed by atoms with E-state index < -0.39 is 17.6 Å². The second-order valence-corrected chi connectivity index (χ2v) is 7.03. The summed E-state index contributed by atoms with van der Waals surface area (Å²) in [4.78, 5) is 27.3. The molecule has 1 N–H and O–H groups in total. The molecule has 0 saturated heterocycles. The van der Waals surface area contributed by atoms with Crippen LogP contribution in [0.15, 0.2) is 42.0 Å². The van der Waals surface area contributed by atoms with Crippen LogP contribution in [-0.4, -0.2) is 50.4 Å². The summed E-state index contributed by atoms with van der Waals surface area (Å²) < 4.78 is 15.9. The molecule has 1 aliphatic rings. The van der Waals surface area contributed by atoms with Crippen LogP contribution in [0.25, 0.3) is 0 Å². The molecule has 0 saturated carbocycles. The van der Waals surface area contributed by atoms with Gasteiger partial charge in [0.1, 0.15) is 12.7 Å². The Bertz CT molecular complexity index is 622. The van der Waals surface area contributed by atoms with E-state index in [9.17, 15) is 9.59 Å². The van der Waals surface area contributed by atoms with Crippen LogP contribution in [-0.2, 0) is 19.0 Å². The van der Waals surface area contributed by atoms with Crippen LogP contribution < -0.4 is 5.32 Å². The Morgan fingerprint density at radius 2 is 2.11 bits per heavy atom. The lowest BCUT2D eigenvalue weighted by atomic mass is 9.84. The molecule has 2 unspecified atom stereocenters. The molecule has 1 amide bonds. The minimum atomic E-state index is -0.578. The first-order valence-corrected chi connectivity index (χ1v) is 9.42. The lowest BCUT2D eigenvalue weighted by molar-refractivity contribution is -0.150. The Morgan fingerprint density at radius 3 is 2.75 bits per heavy atom. The molecule has 0 aliphatic carbocycles. The van der Waals surface area contributed by atoms with E-state index in [-0.39, 0.29) is 12.0 Å². The maximum absolute atomic E-state index is 11.6. The van der Waals surface area contributed by atoms with Gasteiger partial charge in [0.15, 0.2) is 5.90 Å². The van der Waals surface area contributed by atoms with Crippen molar-refractivity contribution in [3.05, 3.63) is 37.0 Å². The molecule has 0 bridgehead atoms. The number of methoxy groups -OCH3 is 1. The van der Waals surface area contributed by atoms with E-state index in [0.717, 1.165) is 12.8 Å². The molecule has 0 aromatic heterocycles. The smallest absolute Gasteiger partial charge is 0.407 e. The summed E-state index contributed by atoms with van der Waals surface area (Å²) in [5.74, 6) is 0.239. The Morgan fingerprint density at radius 1 is 1.36 bits per heavy atom. The van der Waals surface area contributed by atoms with Crippen molar-refractivity contribution < 1.29 is 23.8 Å². The fraction of sp³-hybridized carbons (Fsp3) is 0.571. The number of esters is 1. The predicted octanol–water partition coefficient (Wildman–Crippen LogP) is 3.57. The summed E-state index contributed by atoms with van der Waals surface area (Å²) in [6, 6.07) is 0.0631. The molecule has 7 nitrogen and oxygen atoms in total. The zero-order chi connectivity index (χ0) is 21.0. The second kappa shape index (κ2) is 12.0. The Labute approximate surface area is 167 Å². The number of ether oxygens (including phenoxy) is 3. The standard InChI is InChI=1S/C21H32N2O5/c1-6-7-8-9-12-17-15-27-19(23-17)21(3,4)18(28-16(2)24)13-10-11-14-22-20(25)26-5/h6,8-11,17-18H,1,7,12-15H2,2-5H3,(H,22,25)/b9-8-,11-10-. The van der Waals surface area contributed by atoms with Crippen LogP contribution in [0.2, 0.25) is 0 Å². The molecule has 0 fully saturated rings. The topological polar surface area (TPSA) is 86.2 Å². The lowest BCUT2D eigenvalue weighted by Gasteiger charge is -2.32. The normalized spacial score (nSPS) is 17.9. The number of amides is 1. The van der Waals surface area contributed by atoms with Gasteiger partial charge >= 0.3 is 12.1 Å². The lowest BCUT2D eigenvalue weighted by Crippen LogP contribution is -2.40. The monoisotopic (exact) mass is 392 g/mol. The van der Waals surface area contributed by atoms with Crippen LogP contribution in [0.3, 0.4) is 0 Å². The minimum Gasteiger partial charge on any atom is -0.478 e. The van der Waals surface area contributed by atoms with Gasteiger partial charge < -0.3 is 19.5 Å². The van der Waals surface area contributed by atoms with E-state index in [0.29, 0.717) is 25.5 Å². The summed E-state index contributed by atoms with van der Waals surface area (Å²) in [6.45, 7) is 9.83. The van der Waals surface area contributed by atoms with Crippen molar-refractivity contribution in [2.75, 3.05) is 20.3 Å². The van der Waals surface area contributed by atoms with Crippen molar-refractivity contribution in [2.45, 2.75) is 52.2 Å². The molecule has 1 rings (SSSR count). The van der Waals surface area contributed by atoms with Gasteiger partial charge in [-0.15, -0.1) is 6.58 Å². The van der Waals surface area contributed by atoms with Crippen molar-refractivity contribution >= 4 is 18.0 Å². The molecule has 1 aliphatic heterocycles. The number of hydrogen-bond donors (Lipinski definition) is 1. The van der Waals surface area contributed by atoms with Crippen LogP contribution in [0.1, 0.15) is 40.0 Å². The van der Waals surface area contributed by atoms with Gasteiger partial charge in [0.05, 0.1) is 18.6 Å². The average Bonchev–Trinajstić information content (AvgIpc) is 3.13. The minimum absolute atomic E-state index is 0.0631. The van der Waals surface area contributed by atoms with Crippen molar-refractivity contribution in [3.63, 3.8) is 0 Å². The molecule has 0 aromatic rings. The fourth-order valence-corrected chi connectivity index (χ4v) is 2.68. The van der Waals surface area contributed by atoms with Gasteiger partial charge in [0.25, 0.3) is 0 Å². The second-order valence-electron chi connectivity index (χ2n) is 7.03. The van der Waals surface area contributed by atoms with Gasteiger partial charge in [-0.3, -0.25) is 4.79 Å². The maximum atomic E-state index is 11.6. The number of carbonyl (C=O) groups is 2. The molecular formula is C21H32N2O5. The molecule has 2 atom stereocenters. The number of carbonyl (C=O) groups excluding carboxylic acids is 2. The zero-order valence-corrected chi connectivity index (χ0v) is 17.3. The highest BCUT2D eigenvalue weighted by molar-refractivity contribution is 5.84. The highest BCUT2D eigenvalue weighted by Gasteiger charge is 2.40. The van der Waals surface area contributed by atoms with Crippen molar-refractivity contribution in [3.8, 4) is 0 Å². The van der Waals surface area contributed by atoms with E-state index in [1.165, 1.54) is 14.0 Å². The number of allylic oxidation sites excluding steroid dienone is 2. The van der Waals surface area contributed by atoms with E-state index in [1.54, 1.807) is 6.08 Å². The Balaban J connectivity index is 2.73.